The molecule has 1 rings (SSSR count). The van der Waals surface area contributed by atoms with E-state index in [0.29, 0.717) is 4.99 Å². The lowest BCUT2D eigenvalue weighted by molar-refractivity contribution is 0.324. The summed E-state index contributed by atoms with van der Waals surface area (Å²) < 4.78 is 0. The molecule has 0 bridgehead atoms. The predicted octanol–water partition coefficient (Wildman–Crippen LogP) is 1.58. The van der Waals surface area contributed by atoms with Crippen molar-refractivity contribution in [3.05, 3.63) is 30.1 Å². The van der Waals surface area contributed by atoms with Gasteiger partial charge in [0.15, 0.2) is 0 Å². The van der Waals surface area contributed by atoms with Gasteiger partial charge < -0.3 is 10.6 Å². The molecule has 82 valence electrons. The highest BCUT2D eigenvalue weighted by Gasteiger charge is 2.00. The quantitative estimate of drug-likeness (QED) is 0.744. The molecule has 0 amide bonds. The number of nitrogens with two attached hydrogens (primary N) is 1. The zero-order chi connectivity index (χ0) is 11.1. The van der Waals surface area contributed by atoms with Gasteiger partial charge in [0, 0.05) is 18.9 Å². The van der Waals surface area contributed by atoms with Gasteiger partial charge in [0.1, 0.15) is 0 Å². The fraction of sp³-hybridized carbons (Fsp3) is 0.455. The molecule has 0 radical (unpaired) electrons. The summed E-state index contributed by atoms with van der Waals surface area (Å²) in [5.74, 6) is 0. The molecule has 0 saturated heterocycles. The maximum Gasteiger partial charge on any atom is 0.0727 e. The van der Waals surface area contributed by atoms with Crippen LogP contribution in [0.2, 0.25) is 0 Å². The number of aromatic nitrogens is 1. The first kappa shape index (κ1) is 12.1. The number of nitrogens with zero attached hydrogens (tertiary/aromatic N) is 2. The van der Waals surface area contributed by atoms with E-state index in [9.17, 15) is 0 Å². The van der Waals surface area contributed by atoms with E-state index in [4.69, 9.17) is 18.0 Å². The standard InChI is InChI=1S/C11H17N3S/c1-14(7-3-5-11(12)15)9-10-4-2-6-13-8-10/h2,4,6,8H,3,5,7,9H2,1H3,(H2,12,15). The number of pyridine rings is 1. The first-order chi connectivity index (χ1) is 7.18. The van der Waals surface area contributed by atoms with Crippen molar-refractivity contribution in [1.29, 1.82) is 0 Å². The zero-order valence-electron chi connectivity index (χ0n) is 9.02. The van der Waals surface area contributed by atoms with Crippen molar-refractivity contribution in [2.75, 3.05) is 13.6 Å². The van der Waals surface area contributed by atoms with Crippen molar-refractivity contribution in [1.82, 2.24) is 9.88 Å². The van der Waals surface area contributed by atoms with Crippen LogP contribution in [0.25, 0.3) is 0 Å². The molecular formula is C11H17N3S. The third-order valence-electron chi connectivity index (χ3n) is 2.14. The van der Waals surface area contributed by atoms with Crippen molar-refractivity contribution in [3.8, 4) is 0 Å². The van der Waals surface area contributed by atoms with Gasteiger partial charge in [-0.25, -0.2) is 0 Å². The fourth-order valence-electron chi connectivity index (χ4n) is 1.41. The molecule has 0 unspecified atom stereocenters. The Balaban J connectivity index is 2.24. The number of rotatable bonds is 6. The summed E-state index contributed by atoms with van der Waals surface area (Å²) in [7, 11) is 2.09. The second-order valence-corrected chi connectivity index (χ2v) is 4.19. The van der Waals surface area contributed by atoms with Crippen LogP contribution in [0.5, 0.6) is 0 Å². The molecule has 3 nitrogen and oxygen atoms in total. The Labute approximate surface area is 96.3 Å². The Kier molecular flexibility index (Phi) is 5.21. The molecule has 0 aliphatic heterocycles. The van der Waals surface area contributed by atoms with E-state index in [1.807, 2.05) is 12.3 Å². The van der Waals surface area contributed by atoms with Crippen LogP contribution in [0.15, 0.2) is 24.5 Å². The first-order valence-corrected chi connectivity index (χ1v) is 5.45. The Morgan fingerprint density at radius 3 is 3.00 bits per heavy atom. The lowest BCUT2D eigenvalue weighted by Gasteiger charge is -2.15. The molecule has 0 atom stereocenters. The van der Waals surface area contributed by atoms with Gasteiger partial charge >= 0.3 is 0 Å². The predicted molar refractivity (Wildman–Crippen MR) is 66.6 cm³/mol. The molecule has 2 N–H and O–H groups in total. The molecule has 1 aromatic rings. The van der Waals surface area contributed by atoms with Gasteiger partial charge in [0.25, 0.3) is 0 Å². The molecule has 0 aromatic carbocycles. The highest BCUT2D eigenvalue weighted by atomic mass is 32.1. The van der Waals surface area contributed by atoms with Crippen LogP contribution in [-0.4, -0.2) is 28.5 Å². The maximum atomic E-state index is 5.43. The third-order valence-corrected chi connectivity index (χ3v) is 2.34. The first-order valence-electron chi connectivity index (χ1n) is 5.04. The molecule has 0 saturated carbocycles. The third kappa shape index (κ3) is 5.44. The largest absolute Gasteiger partial charge is 0.393 e. The Hall–Kier alpha value is -1.00. The summed E-state index contributed by atoms with van der Waals surface area (Å²) in [5.41, 5.74) is 6.67. The van der Waals surface area contributed by atoms with Gasteiger partial charge in [-0.1, -0.05) is 18.3 Å². The summed E-state index contributed by atoms with van der Waals surface area (Å²) in [6.07, 6.45) is 5.53. The van der Waals surface area contributed by atoms with Crippen molar-refractivity contribution in [2.45, 2.75) is 19.4 Å². The van der Waals surface area contributed by atoms with Crippen molar-refractivity contribution < 1.29 is 0 Å². The Morgan fingerprint density at radius 2 is 2.40 bits per heavy atom. The van der Waals surface area contributed by atoms with E-state index >= 15 is 0 Å². The monoisotopic (exact) mass is 223 g/mol. The minimum Gasteiger partial charge on any atom is -0.393 e. The van der Waals surface area contributed by atoms with Gasteiger partial charge in [-0.2, -0.15) is 0 Å². The lowest BCUT2D eigenvalue weighted by atomic mass is 10.2. The van der Waals surface area contributed by atoms with Gasteiger partial charge in [-0.15, -0.1) is 0 Å². The molecule has 4 heteroatoms. The molecule has 1 aromatic heterocycles. The van der Waals surface area contributed by atoms with Crippen molar-refractivity contribution >= 4 is 17.2 Å². The number of thiocarbonyl (C=S) groups is 1. The van der Waals surface area contributed by atoms with Gasteiger partial charge in [-0.3, -0.25) is 4.98 Å². The molecular weight excluding hydrogens is 206 g/mol. The van der Waals surface area contributed by atoms with E-state index < -0.39 is 0 Å². The van der Waals surface area contributed by atoms with Crippen LogP contribution in [0.3, 0.4) is 0 Å². The van der Waals surface area contributed by atoms with Crippen LogP contribution in [-0.2, 0) is 6.54 Å². The minimum atomic E-state index is 0.602. The second-order valence-electron chi connectivity index (χ2n) is 3.67. The molecule has 0 spiro atoms. The highest BCUT2D eigenvalue weighted by Crippen LogP contribution is 2.02. The average molecular weight is 223 g/mol. The second kappa shape index (κ2) is 6.48. The topological polar surface area (TPSA) is 42.1 Å². The molecule has 15 heavy (non-hydrogen) atoms. The van der Waals surface area contributed by atoms with E-state index in [2.05, 4.69) is 23.0 Å². The maximum absolute atomic E-state index is 5.43. The normalized spacial score (nSPS) is 10.5. The summed E-state index contributed by atoms with van der Waals surface area (Å²) in [6, 6.07) is 4.04. The van der Waals surface area contributed by atoms with Crippen LogP contribution in [0, 0.1) is 0 Å². The number of hydrogen-bond donors (Lipinski definition) is 1. The smallest absolute Gasteiger partial charge is 0.0727 e. The summed E-state index contributed by atoms with van der Waals surface area (Å²) in [4.78, 5) is 6.93. The van der Waals surface area contributed by atoms with Crippen LogP contribution < -0.4 is 5.73 Å². The molecule has 0 aliphatic carbocycles. The van der Waals surface area contributed by atoms with Crippen LogP contribution >= 0.6 is 12.2 Å². The highest BCUT2D eigenvalue weighted by molar-refractivity contribution is 7.80. The van der Waals surface area contributed by atoms with E-state index in [1.165, 1.54) is 5.56 Å². The van der Waals surface area contributed by atoms with E-state index in [-0.39, 0.29) is 0 Å². The van der Waals surface area contributed by atoms with E-state index in [1.54, 1.807) is 6.20 Å². The Morgan fingerprint density at radius 1 is 1.60 bits per heavy atom. The lowest BCUT2D eigenvalue weighted by Crippen LogP contribution is -2.20. The van der Waals surface area contributed by atoms with Crippen molar-refractivity contribution in [2.24, 2.45) is 5.73 Å². The number of hydrogen-bond acceptors (Lipinski definition) is 3. The Bertz CT molecular complexity index is 300. The minimum absolute atomic E-state index is 0.602. The van der Waals surface area contributed by atoms with E-state index in [0.717, 1.165) is 25.9 Å². The SMILES string of the molecule is CN(CCCC(N)=S)Cc1cccnc1. The summed E-state index contributed by atoms with van der Waals surface area (Å²) >= 11 is 4.83. The summed E-state index contributed by atoms with van der Waals surface area (Å²) in [5, 5.41) is 0. The average Bonchev–Trinajstić information content (AvgIpc) is 2.18. The summed E-state index contributed by atoms with van der Waals surface area (Å²) in [6.45, 7) is 1.93. The van der Waals surface area contributed by atoms with Crippen LogP contribution in [0.4, 0.5) is 0 Å². The van der Waals surface area contributed by atoms with Gasteiger partial charge in [0.2, 0.25) is 0 Å². The molecule has 0 aliphatic rings. The zero-order valence-corrected chi connectivity index (χ0v) is 9.83. The molecule has 0 fully saturated rings. The van der Waals surface area contributed by atoms with Gasteiger partial charge in [-0.05, 0) is 38.1 Å². The molecule has 1 heterocycles. The van der Waals surface area contributed by atoms with Crippen molar-refractivity contribution in [3.63, 3.8) is 0 Å². The fourth-order valence-corrected chi connectivity index (χ4v) is 1.55. The van der Waals surface area contributed by atoms with Crippen LogP contribution in [0.1, 0.15) is 18.4 Å². The van der Waals surface area contributed by atoms with Gasteiger partial charge in [0.05, 0.1) is 4.99 Å².